The minimum absolute atomic E-state index is 0.162. The Bertz CT molecular complexity index is 890. The van der Waals surface area contributed by atoms with Crippen LogP contribution in [0.1, 0.15) is 0 Å². The third kappa shape index (κ3) is 2.21. The van der Waals surface area contributed by atoms with Gasteiger partial charge in [0, 0.05) is 23.5 Å². The Morgan fingerprint density at radius 2 is 1.88 bits per heavy atom. The van der Waals surface area contributed by atoms with Gasteiger partial charge >= 0.3 is 0 Å². The summed E-state index contributed by atoms with van der Waals surface area (Å²) in [7, 11) is 3.18. The number of ether oxygens (including phenoxy) is 4. The molecule has 122 valence electrons. The Kier molecular flexibility index (Phi) is 3.45. The van der Waals surface area contributed by atoms with Gasteiger partial charge in [-0.05, 0) is 18.2 Å². The van der Waals surface area contributed by atoms with E-state index in [1.165, 1.54) is 0 Å². The van der Waals surface area contributed by atoms with Crippen LogP contribution in [0.5, 0.6) is 23.0 Å². The second-order valence-corrected chi connectivity index (χ2v) is 5.06. The lowest BCUT2D eigenvalue weighted by molar-refractivity contribution is 0.171. The molecule has 0 N–H and O–H groups in total. The molecule has 0 bridgehead atoms. The second kappa shape index (κ2) is 5.77. The number of rotatable bonds is 4. The van der Waals surface area contributed by atoms with Crippen molar-refractivity contribution in [2.24, 2.45) is 0 Å². The van der Waals surface area contributed by atoms with Crippen molar-refractivity contribution < 1.29 is 23.5 Å². The van der Waals surface area contributed by atoms with E-state index in [2.05, 4.69) is 10.1 Å². The van der Waals surface area contributed by atoms with E-state index in [0.29, 0.717) is 28.8 Å². The standard InChI is InChI=1S/C17H14N2O5/c1-20-13-3-4-18-7-11(13)12-8-19-24-16(12)10-5-14(21-2)17-15(6-10)22-9-23-17/h3-8H,9H2,1-2H3. The summed E-state index contributed by atoms with van der Waals surface area (Å²) in [5.74, 6) is 3.01. The molecule has 0 radical (unpaired) electrons. The highest BCUT2D eigenvalue weighted by Gasteiger charge is 2.24. The van der Waals surface area contributed by atoms with Gasteiger partial charge in [0.15, 0.2) is 17.3 Å². The van der Waals surface area contributed by atoms with Gasteiger partial charge in [0.2, 0.25) is 12.5 Å². The predicted octanol–water partition coefficient (Wildman–Crippen LogP) is 3.15. The number of benzene rings is 1. The molecule has 2 aromatic heterocycles. The van der Waals surface area contributed by atoms with E-state index in [4.69, 9.17) is 23.5 Å². The van der Waals surface area contributed by atoms with Gasteiger partial charge in [-0.1, -0.05) is 5.16 Å². The van der Waals surface area contributed by atoms with E-state index < -0.39 is 0 Å². The molecule has 1 aliphatic heterocycles. The zero-order valence-electron chi connectivity index (χ0n) is 13.1. The summed E-state index contributed by atoms with van der Waals surface area (Å²) in [4.78, 5) is 4.16. The molecule has 4 rings (SSSR count). The molecule has 7 heteroatoms. The number of nitrogens with zero attached hydrogens (tertiary/aromatic N) is 2. The molecular formula is C17H14N2O5. The van der Waals surface area contributed by atoms with Crippen LogP contribution in [0.15, 0.2) is 41.3 Å². The van der Waals surface area contributed by atoms with Crippen molar-refractivity contribution in [2.45, 2.75) is 0 Å². The first-order valence-corrected chi connectivity index (χ1v) is 7.23. The molecule has 0 atom stereocenters. The average molecular weight is 326 g/mol. The van der Waals surface area contributed by atoms with E-state index in [-0.39, 0.29) is 6.79 Å². The monoisotopic (exact) mass is 326 g/mol. The molecule has 1 aliphatic rings. The molecule has 24 heavy (non-hydrogen) atoms. The van der Waals surface area contributed by atoms with Crippen molar-refractivity contribution in [3.8, 4) is 45.4 Å². The van der Waals surface area contributed by atoms with Gasteiger partial charge in [0.1, 0.15) is 5.75 Å². The zero-order chi connectivity index (χ0) is 16.5. The van der Waals surface area contributed by atoms with Crippen molar-refractivity contribution in [3.05, 3.63) is 36.8 Å². The van der Waals surface area contributed by atoms with E-state index in [0.717, 1.165) is 16.7 Å². The number of hydrogen-bond donors (Lipinski definition) is 0. The molecule has 3 aromatic rings. The summed E-state index contributed by atoms with van der Waals surface area (Å²) in [6.07, 6.45) is 5.00. The summed E-state index contributed by atoms with van der Waals surface area (Å²) < 4.78 is 27.2. The lowest BCUT2D eigenvalue weighted by Crippen LogP contribution is -1.93. The van der Waals surface area contributed by atoms with Gasteiger partial charge in [-0.3, -0.25) is 4.98 Å². The molecule has 0 amide bonds. The number of methoxy groups -OCH3 is 2. The molecule has 0 saturated heterocycles. The van der Waals surface area contributed by atoms with Crippen LogP contribution >= 0.6 is 0 Å². The molecule has 0 unspecified atom stereocenters. The fourth-order valence-corrected chi connectivity index (χ4v) is 2.66. The molecular weight excluding hydrogens is 312 g/mol. The van der Waals surface area contributed by atoms with Crippen molar-refractivity contribution in [1.82, 2.24) is 10.1 Å². The molecule has 0 spiro atoms. The minimum Gasteiger partial charge on any atom is -0.496 e. The smallest absolute Gasteiger partial charge is 0.231 e. The molecule has 3 heterocycles. The van der Waals surface area contributed by atoms with Gasteiger partial charge in [-0.25, -0.2) is 0 Å². The first-order chi connectivity index (χ1) is 11.8. The zero-order valence-corrected chi connectivity index (χ0v) is 13.1. The number of hydrogen-bond acceptors (Lipinski definition) is 7. The highest BCUT2D eigenvalue weighted by molar-refractivity contribution is 5.83. The quantitative estimate of drug-likeness (QED) is 0.729. The Hall–Kier alpha value is -3.22. The summed E-state index contributed by atoms with van der Waals surface area (Å²) >= 11 is 0. The molecule has 0 fully saturated rings. The fourth-order valence-electron chi connectivity index (χ4n) is 2.66. The van der Waals surface area contributed by atoms with Crippen LogP contribution in [-0.2, 0) is 0 Å². The van der Waals surface area contributed by atoms with E-state index >= 15 is 0 Å². The van der Waals surface area contributed by atoms with Gasteiger partial charge in [-0.15, -0.1) is 0 Å². The normalized spacial score (nSPS) is 12.2. The maximum absolute atomic E-state index is 5.48. The van der Waals surface area contributed by atoms with Crippen LogP contribution in [0.3, 0.4) is 0 Å². The SMILES string of the molecule is COc1ccncc1-c1cnoc1-c1cc(OC)c2c(c1)OCO2. The predicted molar refractivity (Wildman–Crippen MR) is 84.4 cm³/mol. The first-order valence-electron chi connectivity index (χ1n) is 7.23. The van der Waals surface area contributed by atoms with E-state index in [1.54, 1.807) is 38.9 Å². The maximum atomic E-state index is 5.48. The summed E-state index contributed by atoms with van der Waals surface area (Å²) in [6, 6.07) is 5.43. The topological polar surface area (TPSA) is 75.8 Å². The van der Waals surface area contributed by atoms with Crippen LogP contribution in [0.25, 0.3) is 22.5 Å². The summed E-state index contributed by atoms with van der Waals surface area (Å²) in [6.45, 7) is 0.162. The lowest BCUT2D eigenvalue weighted by atomic mass is 10.0. The summed E-state index contributed by atoms with van der Waals surface area (Å²) in [5.41, 5.74) is 2.31. The highest BCUT2D eigenvalue weighted by atomic mass is 16.7. The van der Waals surface area contributed by atoms with Gasteiger partial charge < -0.3 is 23.5 Å². The van der Waals surface area contributed by atoms with Gasteiger partial charge in [0.05, 0.1) is 26.0 Å². The van der Waals surface area contributed by atoms with E-state index in [9.17, 15) is 0 Å². The van der Waals surface area contributed by atoms with Crippen LogP contribution < -0.4 is 18.9 Å². The maximum Gasteiger partial charge on any atom is 0.231 e. The van der Waals surface area contributed by atoms with Crippen LogP contribution in [0.4, 0.5) is 0 Å². The second-order valence-electron chi connectivity index (χ2n) is 5.06. The first kappa shape index (κ1) is 14.4. The summed E-state index contributed by atoms with van der Waals surface area (Å²) in [5, 5.41) is 3.93. The van der Waals surface area contributed by atoms with Crippen LogP contribution in [-0.4, -0.2) is 31.2 Å². The van der Waals surface area contributed by atoms with Crippen LogP contribution in [0, 0.1) is 0 Å². The lowest BCUT2D eigenvalue weighted by Gasteiger charge is -2.09. The van der Waals surface area contributed by atoms with Crippen molar-refractivity contribution in [3.63, 3.8) is 0 Å². The largest absolute Gasteiger partial charge is 0.496 e. The Labute approximate surface area is 137 Å². The Morgan fingerprint density at radius 3 is 2.71 bits per heavy atom. The molecule has 7 nitrogen and oxygen atoms in total. The molecule has 1 aromatic carbocycles. The number of fused-ring (bicyclic) bond motifs is 1. The van der Waals surface area contributed by atoms with Crippen molar-refractivity contribution in [2.75, 3.05) is 21.0 Å². The van der Waals surface area contributed by atoms with Crippen molar-refractivity contribution in [1.29, 1.82) is 0 Å². The number of pyridine rings is 1. The Balaban J connectivity index is 1.87. The van der Waals surface area contributed by atoms with Crippen LogP contribution in [0.2, 0.25) is 0 Å². The molecule has 0 saturated carbocycles. The number of aromatic nitrogens is 2. The highest BCUT2D eigenvalue weighted by Crippen LogP contribution is 2.46. The fraction of sp³-hybridized carbons (Fsp3) is 0.176. The van der Waals surface area contributed by atoms with Gasteiger partial charge in [-0.2, -0.15) is 0 Å². The average Bonchev–Trinajstić information content (AvgIpc) is 3.29. The van der Waals surface area contributed by atoms with Crippen molar-refractivity contribution >= 4 is 0 Å². The third-order valence-electron chi connectivity index (χ3n) is 3.78. The third-order valence-corrected chi connectivity index (χ3v) is 3.78. The molecule has 0 aliphatic carbocycles. The Morgan fingerprint density at radius 1 is 1.00 bits per heavy atom. The minimum atomic E-state index is 0.162. The van der Waals surface area contributed by atoms with E-state index in [1.807, 2.05) is 12.1 Å². The van der Waals surface area contributed by atoms with Gasteiger partial charge in [0.25, 0.3) is 0 Å².